The molecule has 0 spiro atoms. The first kappa shape index (κ1) is 18.0. The normalized spacial score (nSPS) is 29.8. The predicted octanol–water partition coefficient (Wildman–Crippen LogP) is -0.504. The van der Waals surface area contributed by atoms with E-state index in [4.69, 9.17) is 0 Å². The van der Waals surface area contributed by atoms with Gasteiger partial charge in [-0.1, -0.05) is 6.07 Å². The molecule has 0 aromatic carbocycles. The van der Waals surface area contributed by atoms with Crippen LogP contribution in [0.25, 0.3) is 0 Å². The van der Waals surface area contributed by atoms with Gasteiger partial charge in [-0.05, 0) is 24.3 Å². The Kier molecular flexibility index (Phi) is 4.63. The number of hydrogen-bond donors (Lipinski definition) is 2. The summed E-state index contributed by atoms with van der Waals surface area (Å²) in [7, 11) is 0. The smallest absolute Gasteiger partial charge is 0.248 e. The van der Waals surface area contributed by atoms with Crippen molar-refractivity contribution in [1.29, 1.82) is 0 Å². The molecule has 1 aromatic rings. The third-order valence-corrected chi connectivity index (χ3v) is 6.43. The molecule has 0 radical (unpaired) electrons. The fourth-order valence-corrected chi connectivity index (χ4v) is 5.04. The number of carbonyl (C=O) groups excluding carboxylic acids is 4. The van der Waals surface area contributed by atoms with E-state index in [-0.39, 0.29) is 35.7 Å². The molecule has 144 valence electrons. The lowest BCUT2D eigenvalue weighted by Gasteiger charge is -2.28. The van der Waals surface area contributed by atoms with E-state index in [1.807, 2.05) is 17.5 Å². The Morgan fingerprint density at radius 1 is 1.37 bits per heavy atom. The lowest BCUT2D eigenvalue weighted by atomic mass is 10.1. The molecule has 9 heteroatoms. The molecule has 3 fully saturated rings. The van der Waals surface area contributed by atoms with Crippen LogP contribution in [0.2, 0.25) is 0 Å². The molecule has 8 nitrogen and oxygen atoms in total. The minimum absolute atomic E-state index is 0.114. The number of amides is 4. The first-order chi connectivity index (χ1) is 12.9. The number of thiophene rings is 1. The van der Waals surface area contributed by atoms with Crippen molar-refractivity contribution in [3.63, 3.8) is 0 Å². The molecule has 0 unspecified atom stereocenters. The minimum atomic E-state index is -0.642. The SMILES string of the molecule is CC(=O)N1CC[C@H]2NC(=O)[C@H]3C[C@H](NC(=O)Cc4cccs4)CN3C(=O)[C@H]21. The van der Waals surface area contributed by atoms with E-state index in [1.54, 1.807) is 4.90 Å². The summed E-state index contributed by atoms with van der Waals surface area (Å²) in [5.41, 5.74) is 0. The third-order valence-electron chi connectivity index (χ3n) is 5.55. The van der Waals surface area contributed by atoms with Crippen molar-refractivity contribution in [2.24, 2.45) is 0 Å². The van der Waals surface area contributed by atoms with E-state index in [2.05, 4.69) is 10.6 Å². The summed E-state index contributed by atoms with van der Waals surface area (Å²) in [6.45, 7) is 2.20. The van der Waals surface area contributed by atoms with Gasteiger partial charge in [0.15, 0.2) is 0 Å². The molecule has 3 aliphatic rings. The van der Waals surface area contributed by atoms with Crippen LogP contribution in [-0.4, -0.2) is 70.7 Å². The standard InChI is InChI=1S/C18H22N4O4S/c1-10(23)21-5-4-13-16(21)18(26)22-9-11(7-14(22)17(25)20-13)19-15(24)8-12-3-2-6-27-12/h2-3,6,11,13-14,16H,4-5,7-9H2,1H3,(H,19,24)(H,20,25)/t11-,13+,14+,16-/m0/s1. The number of fused-ring (bicyclic) bond motifs is 2. The third kappa shape index (κ3) is 3.31. The molecule has 2 N–H and O–H groups in total. The fraction of sp³-hybridized carbons (Fsp3) is 0.556. The number of carbonyl (C=O) groups is 4. The van der Waals surface area contributed by atoms with Crippen LogP contribution >= 0.6 is 11.3 Å². The van der Waals surface area contributed by atoms with Gasteiger partial charge in [0.1, 0.15) is 12.1 Å². The van der Waals surface area contributed by atoms with Gasteiger partial charge in [0, 0.05) is 30.9 Å². The average Bonchev–Trinajstić information content (AvgIpc) is 3.32. The molecule has 4 amide bonds. The fourth-order valence-electron chi connectivity index (χ4n) is 4.33. The van der Waals surface area contributed by atoms with Crippen LogP contribution in [-0.2, 0) is 25.6 Å². The predicted molar refractivity (Wildman–Crippen MR) is 97.8 cm³/mol. The zero-order chi connectivity index (χ0) is 19.1. The van der Waals surface area contributed by atoms with Crippen molar-refractivity contribution >= 4 is 35.0 Å². The van der Waals surface area contributed by atoms with Crippen LogP contribution in [0.5, 0.6) is 0 Å². The lowest BCUT2D eigenvalue weighted by Crippen LogP contribution is -2.52. The van der Waals surface area contributed by atoms with Crippen molar-refractivity contribution in [1.82, 2.24) is 20.4 Å². The summed E-state index contributed by atoms with van der Waals surface area (Å²) >= 11 is 1.52. The summed E-state index contributed by atoms with van der Waals surface area (Å²) in [6.07, 6.45) is 1.28. The van der Waals surface area contributed by atoms with Crippen LogP contribution in [0.4, 0.5) is 0 Å². The van der Waals surface area contributed by atoms with Crippen molar-refractivity contribution in [3.8, 4) is 0 Å². The first-order valence-electron chi connectivity index (χ1n) is 9.14. The molecule has 3 aliphatic heterocycles. The highest BCUT2D eigenvalue weighted by atomic mass is 32.1. The Hall–Kier alpha value is -2.42. The van der Waals surface area contributed by atoms with Gasteiger partial charge in [0.25, 0.3) is 0 Å². The van der Waals surface area contributed by atoms with Crippen LogP contribution < -0.4 is 10.6 Å². The van der Waals surface area contributed by atoms with E-state index in [0.29, 0.717) is 32.4 Å². The second-order valence-electron chi connectivity index (χ2n) is 7.32. The van der Waals surface area contributed by atoms with Crippen LogP contribution in [0.1, 0.15) is 24.6 Å². The van der Waals surface area contributed by atoms with Gasteiger partial charge in [-0.3, -0.25) is 19.2 Å². The van der Waals surface area contributed by atoms with E-state index in [9.17, 15) is 19.2 Å². The highest BCUT2D eigenvalue weighted by Gasteiger charge is 2.51. The highest BCUT2D eigenvalue weighted by molar-refractivity contribution is 7.10. The van der Waals surface area contributed by atoms with Gasteiger partial charge < -0.3 is 20.4 Å². The van der Waals surface area contributed by atoms with Gasteiger partial charge in [0.05, 0.1) is 12.5 Å². The highest BCUT2D eigenvalue weighted by Crippen LogP contribution is 2.29. The molecule has 4 heterocycles. The van der Waals surface area contributed by atoms with Crippen LogP contribution in [0.3, 0.4) is 0 Å². The van der Waals surface area contributed by atoms with Crippen molar-refractivity contribution in [2.75, 3.05) is 13.1 Å². The van der Waals surface area contributed by atoms with Gasteiger partial charge in [0.2, 0.25) is 23.6 Å². The Bertz CT molecular complexity index is 780. The summed E-state index contributed by atoms with van der Waals surface area (Å²) in [5.74, 6) is -0.678. The average molecular weight is 390 g/mol. The van der Waals surface area contributed by atoms with E-state index in [0.717, 1.165) is 4.88 Å². The molecule has 27 heavy (non-hydrogen) atoms. The van der Waals surface area contributed by atoms with Gasteiger partial charge in [-0.15, -0.1) is 11.3 Å². The van der Waals surface area contributed by atoms with Gasteiger partial charge >= 0.3 is 0 Å². The first-order valence-corrected chi connectivity index (χ1v) is 10.0. The maximum absolute atomic E-state index is 13.1. The summed E-state index contributed by atoms with van der Waals surface area (Å²) in [4.78, 5) is 53.9. The maximum atomic E-state index is 13.1. The summed E-state index contributed by atoms with van der Waals surface area (Å²) < 4.78 is 0. The van der Waals surface area contributed by atoms with Crippen molar-refractivity contribution < 1.29 is 19.2 Å². The van der Waals surface area contributed by atoms with E-state index >= 15 is 0 Å². The molecule has 1 aromatic heterocycles. The number of rotatable bonds is 3. The van der Waals surface area contributed by atoms with E-state index in [1.165, 1.54) is 23.2 Å². The Morgan fingerprint density at radius 3 is 2.89 bits per heavy atom. The van der Waals surface area contributed by atoms with E-state index < -0.39 is 12.1 Å². The number of likely N-dealkylation sites (tertiary alicyclic amines) is 1. The number of hydrogen-bond acceptors (Lipinski definition) is 5. The van der Waals surface area contributed by atoms with Crippen molar-refractivity contribution in [3.05, 3.63) is 22.4 Å². The summed E-state index contributed by atoms with van der Waals surface area (Å²) in [6, 6.07) is 1.97. The maximum Gasteiger partial charge on any atom is 0.248 e. The minimum Gasteiger partial charge on any atom is -0.351 e. The van der Waals surface area contributed by atoms with Crippen LogP contribution in [0, 0.1) is 0 Å². The zero-order valence-corrected chi connectivity index (χ0v) is 15.8. The molecular formula is C18H22N4O4S. The molecule has 3 saturated heterocycles. The van der Waals surface area contributed by atoms with Gasteiger partial charge in [-0.2, -0.15) is 0 Å². The number of nitrogens with zero attached hydrogens (tertiary/aromatic N) is 2. The monoisotopic (exact) mass is 390 g/mol. The summed E-state index contributed by atoms with van der Waals surface area (Å²) in [5, 5.41) is 7.79. The molecule has 0 saturated carbocycles. The largest absolute Gasteiger partial charge is 0.351 e. The Balaban J connectivity index is 1.46. The quantitative estimate of drug-likeness (QED) is 0.727. The molecule has 4 atom stereocenters. The molecule has 0 aliphatic carbocycles. The molecule has 4 rings (SSSR count). The Labute approximate surface area is 160 Å². The molecule has 0 bridgehead atoms. The van der Waals surface area contributed by atoms with Crippen LogP contribution in [0.15, 0.2) is 17.5 Å². The lowest BCUT2D eigenvalue weighted by molar-refractivity contribution is -0.143. The van der Waals surface area contributed by atoms with Crippen molar-refractivity contribution in [2.45, 2.75) is 50.4 Å². The Morgan fingerprint density at radius 2 is 2.19 bits per heavy atom. The topological polar surface area (TPSA) is 98.8 Å². The van der Waals surface area contributed by atoms with Gasteiger partial charge in [-0.25, -0.2) is 0 Å². The second-order valence-corrected chi connectivity index (χ2v) is 8.36. The zero-order valence-electron chi connectivity index (χ0n) is 15.0. The molecular weight excluding hydrogens is 368 g/mol. The number of nitrogens with one attached hydrogen (secondary N) is 2. The second kappa shape index (κ2) is 6.95.